The maximum absolute atomic E-state index is 12.5. The van der Waals surface area contributed by atoms with Crippen LogP contribution in [0.15, 0.2) is 47.4 Å². The van der Waals surface area contributed by atoms with E-state index in [2.05, 4.69) is 4.72 Å². The normalized spacial score (nSPS) is 10.9. The van der Waals surface area contributed by atoms with E-state index < -0.39 is 20.6 Å². The number of methoxy groups -OCH3 is 1. The minimum absolute atomic E-state index is 0.0527. The lowest BCUT2D eigenvalue weighted by Crippen LogP contribution is -2.15. The summed E-state index contributed by atoms with van der Waals surface area (Å²) in [6.45, 7) is 1.31. The Balaban J connectivity index is 2.47. The molecule has 8 nitrogen and oxygen atoms in total. The van der Waals surface area contributed by atoms with Crippen molar-refractivity contribution in [1.82, 2.24) is 0 Å². The highest BCUT2D eigenvalue weighted by molar-refractivity contribution is 7.92. The van der Waals surface area contributed by atoms with Gasteiger partial charge < -0.3 is 4.74 Å². The van der Waals surface area contributed by atoms with Crippen molar-refractivity contribution in [3.05, 3.63) is 58.1 Å². The highest BCUT2D eigenvalue weighted by Crippen LogP contribution is 2.30. The second-order valence-corrected chi connectivity index (χ2v) is 6.48. The van der Waals surface area contributed by atoms with Crippen LogP contribution in [0.25, 0.3) is 0 Å². The van der Waals surface area contributed by atoms with Crippen LogP contribution >= 0.6 is 0 Å². The third-order valence-corrected chi connectivity index (χ3v) is 4.57. The number of para-hydroxylation sites is 1. The molecule has 0 unspecified atom stereocenters. The number of Topliss-reactive ketones (excluding diaryl/α,β-unsaturated/α-hetero) is 1. The van der Waals surface area contributed by atoms with Gasteiger partial charge in [-0.15, -0.1) is 0 Å². The first-order chi connectivity index (χ1) is 11.3. The van der Waals surface area contributed by atoms with Gasteiger partial charge in [-0.2, -0.15) is 0 Å². The SMILES string of the molecule is COc1ccc(S(=O)(=O)Nc2ccccc2C(C)=O)cc1[N+](=O)[O-]. The zero-order valence-corrected chi connectivity index (χ0v) is 13.7. The van der Waals surface area contributed by atoms with E-state index in [-0.39, 0.29) is 27.7 Å². The van der Waals surface area contributed by atoms with Crippen LogP contribution in [0, 0.1) is 10.1 Å². The van der Waals surface area contributed by atoms with Gasteiger partial charge in [0.05, 0.1) is 22.6 Å². The van der Waals surface area contributed by atoms with E-state index in [4.69, 9.17) is 4.74 Å². The number of ketones is 1. The Kier molecular flexibility index (Phi) is 4.84. The molecule has 2 aromatic rings. The van der Waals surface area contributed by atoms with Crippen molar-refractivity contribution in [2.75, 3.05) is 11.8 Å². The first-order valence-corrected chi connectivity index (χ1v) is 8.20. The fraction of sp³-hybridized carbons (Fsp3) is 0.133. The maximum Gasteiger partial charge on any atom is 0.312 e. The maximum atomic E-state index is 12.5. The van der Waals surface area contributed by atoms with Gasteiger partial charge in [-0.1, -0.05) is 12.1 Å². The Morgan fingerprint density at radius 3 is 2.46 bits per heavy atom. The van der Waals surface area contributed by atoms with Crippen LogP contribution < -0.4 is 9.46 Å². The van der Waals surface area contributed by atoms with Crippen LogP contribution in [0.3, 0.4) is 0 Å². The molecule has 0 aliphatic heterocycles. The molecule has 9 heteroatoms. The standard InChI is InChI=1S/C15H14N2O6S/c1-10(18)12-5-3-4-6-13(12)16-24(21,22)11-7-8-15(23-2)14(9-11)17(19)20/h3-9,16H,1-2H3. The van der Waals surface area contributed by atoms with Gasteiger partial charge in [-0.05, 0) is 31.2 Å². The lowest BCUT2D eigenvalue weighted by atomic mass is 10.1. The lowest BCUT2D eigenvalue weighted by Gasteiger charge is -2.11. The molecular weight excluding hydrogens is 336 g/mol. The van der Waals surface area contributed by atoms with Crippen LogP contribution in [0.4, 0.5) is 11.4 Å². The molecule has 24 heavy (non-hydrogen) atoms. The Morgan fingerprint density at radius 2 is 1.88 bits per heavy atom. The first kappa shape index (κ1) is 17.4. The van der Waals surface area contributed by atoms with Gasteiger partial charge >= 0.3 is 5.69 Å². The number of nitrogens with one attached hydrogen (secondary N) is 1. The zero-order chi connectivity index (χ0) is 17.9. The van der Waals surface area contributed by atoms with Crippen LogP contribution in [-0.2, 0) is 10.0 Å². The summed E-state index contributed by atoms with van der Waals surface area (Å²) in [5.74, 6) is -0.364. The fourth-order valence-corrected chi connectivity index (χ4v) is 3.16. The van der Waals surface area contributed by atoms with Gasteiger partial charge in [0, 0.05) is 11.6 Å². The van der Waals surface area contributed by atoms with E-state index in [1.807, 2.05) is 0 Å². The molecule has 0 fully saturated rings. The van der Waals surface area contributed by atoms with Crippen LogP contribution in [0.1, 0.15) is 17.3 Å². The molecule has 0 bridgehead atoms. The van der Waals surface area contributed by atoms with E-state index in [9.17, 15) is 23.3 Å². The number of nitro benzene ring substituents is 1. The molecule has 0 saturated heterocycles. The second kappa shape index (κ2) is 6.67. The predicted octanol–water partition coefficient (Wildman–Crippen LogP) is 2.61. The number of benzene rings is 2. The van der Waals surface area contributed by atoms with Gasteiger partial charge in [-0.3, -0.25) is 19.6 Å². The topological polar surface area (TPSA) is 116 Å². The molecule has 126 valence electrons. The first-order valence-electron chi connectivity index (χ1n) is 6.71. The number of carbonyl (C=O) groups is 1. The Labute approximate surface area is 138 Å². The summed E-state index contributed by atoms with van der Waals surface area (Å²) >= 11 is 0. The molecule has 0 amide bonds. The van der Waals surface area contributed by atoms with Crippen LogP contribution in [0.5, 0.6) is 5.75 Å². The minimum atomic E-state index is -4.11. The Hall–Kier alpha value is -2.94. The molecule has 0 aliphatic rings. The smallest absolute Gasteiger partial charge is 0.312 e. The summed E-state index contributed by atoms with van der Waals surface area (Å²) in [6, 6.07) is 9.38. The third kappa shape index (κ3) is 3.51. The lowest BCUT2D eigenvalue weighted by molar-refractivity contribution is -0.386. The molecule has 0 radical (unpaired) electrons. The van der Waals surface area contributed by atoms with Crippen molar-refractivity contribution in [2.45, 2.75) is 11.8 Å². The number of hydrogen-bond acceptors (Lipinski definition) is 6. The van der Waals surface area contributed by atoms with Gasteiger partial charge in [0.2, 0.25) is 0 Å². The zero-order valence-electron chi connectivity index (χ0n) is 12.8. The van der Waals surface area contributed by atoms with E-state index in [0.29, 0.717) is 0 Å². The number of nitro groups is 1. The number of hydrogen-bond donors (Lipinski definition) is 1. The highest BCUT2D eigenvalue weighted by Gasteiger charge is 2.23. The fourth-order valence-electron chi connectivity index (χ4n) is 2.06. The summed E-state index contributed by atoms with van der Waals surface area (Å²) in [4.78, 5) is 21.6. The number of anilines is 1. The van der Waals surface area contributed by atoms with Gasteiger partial charge in [0.15, 0.2) is 11.5 Å². The quantitative estimate of drug-likeness (QED) is 0.486. The Bertz CT molecular complexity index is 908. The van der Waals surface area contributed by atoms with Crippen molar-refractivity contribution in [2.24, 2.45) is 0 Å². The summed E-state index contributed by atoms with van der Waals surface area (Å²) in [5.41, 5.74) is -0.173. The number of carbonyl (C=O) groups excluding carboxylic acids is 1. The Morgan fingerprint density at radius 1 is 1.21 bits per heavy atom. The summed E-state index contributed by atoms with van der Waals surface area (Å²) in [6.07, 6.45) is 0. The molecule has 0 heterocycles. The average Bonchev–Trinajstić information content (AvgIpc) is 2.54. The molecule has 0 aromatic heterocycles. The third-order valence-electron chi connectivity index (χ3n) is 3.21. The summed E-state index contributed by atoms with van der Waals surface area (Å²) in [5, 5.41) is 11.0. The van der Waals surface area contributed by atoms with Gasteiger partial charge in [0.25, 0.3) is 10.0 Å². The van der Waals surface area contributed by atoms with Gasteiger partial charge in [0.1, 0.15) is 0 Å². The molecule has 2 rings (SSSR count). The largest absolute Gasteiger partial charge is 0.490 e. The number of ether oxygens (including phenoxy) is 1. The average molecular weight is 350 g/mol. The van der Waals surface area contributed by atoms with E-state index in [1.165, 1.54) is 38.3 Å². The molecule has 0 aliphatic carbocycles. The number of nitrogens with zero attached hydrogens (tertiary/aromatic N) is 1. The van der Waals surface area contributed by atoms with Crippen LogP contribution in [0.2, 0.25) is 0 Å². The van der Waals surface area contributed by atoms with Crippen molar-refractivity contribution in [3.63, 3.8) is 0 Å². The second-order valence-electron chi connectivity index (χ2n) is 4.80. The van der Waals surface area contributed by atoms with Gasteiger partial charge in [-0.25, -0.2) is 8.42 Å². The van der Waals surface area contributed by atoms with Crippen molar-refractivity contribution < 1.29 is 22.9 Å². The molecule has 0 saturated carbocycles. The summed E-state index contributed by atoms with van der Waals surface area (Å²) in [7, 11) is -2.86. The van der Waals surface area contributed by atoms with Crippen molar-refractivity contribution in [1.29, 1.82) is 0 Å². The molecule has 0 spiro atoms. The van der Waals surface area contributed by atoms with E-state index in [1.54, 1.807) is 12.1 Å². The van der Waals surface area contributed by atoms with E-state index in [0.717, 1.165) is 6.07 Å². The number of rotatable bonds is 6. The highest BCUT2D eigenvalue weighted by atomic mass is 32.2. The molecule has 2 aromatic carbocycles. The van der Waals surface area contributed by atoms with E-state index >= 15 is 0 Å². The van der Waals surface area contributed by atoms with Crippen LogP contribution in [-0.4, -0.2) is 26.2 Å². The summed E-state index contributed by atoms with van der Waals surface area (Å²) < 4.78 is 32.0. The minimum Gasteiger partial charge on any atom is -0.490 e. The molecule has 1 N–H and O–H groups in total. The number of sulfonamides is 1. The molecular formula is C15H14N2O6S. The van der Waals surface area contributed by atoms with Crippen molar-refractivity contribution in [3.8, 4) is 5.75 Å². The predicted molar refractivity (Wildman–Crippen MR) is 86.9 cm³/mol. The monoisotopic (exact) mass is 350 g/mol. The van der Waals surface area contributed by atoms with Crippen molar-refractivity contribution >= 4 is 27.2 Å². The molecule has 0 atom stereocenters.